The number of hydrogen-bond donors (Lipinski definition) is 1. The fourth-order valence-electron chi connectivity index (χ4n) is 1.85. The van der Waals surface area contributed by atoms with E-state index in [9.17, 15) is 8.78 Å². The van der Waals surface area contributed by atoms with Crippen molar-refractivity contribution >= 4 is 0 Å². The lowest BCUT2D eigenvalue weighted by Gasteiger charge is -2.35. The van der Waals surface area contributed by atoms with Crippen LogP contribution in [0, 0.1) is 5.92 Å². The van der Waals surface area contributed by atoms with Crippen LogP contribution in [-0.2, 0) is 0 Å². The molecule has 13 heavy (non-hydrogen) atoms. The van der Waals surface area contributed by atoms with Crippen LogP contribution < -0.4 is 5.73 Å². The quantitative estimate of drug-likeness (QED) is 0.730. The number of alkyl halides is 2. The fraction of sp³-hybridized carbons (Fsp3) is 1.00. The molecule has 0 bridgehead atoms. The summed E-state index contributed by atoms with van der Waals surface area (Å²) in [6, 6.07) is 0. The van der Waals surface area contributed by atoms with E-state index in [1.807, 2.05) is 4.90 Å². The maximum absolute atomic E-state index is 13.0. The summed E-state index contributed by atoms with van der Waals surface area (Å²) in [5, 5.41) is 0. The van der Waals surface area contributed by atoms with Gasteiger partial charge in [0.1, 0.15) is 0 Å². The van der Waals surface area contributed by atoms with Crippen LogP contribution in [0.5, 0.6) is 0 Å². The number of nitrogens with two attached hydrogens (primary N) is 1. The Balaban J connectivity index is 2.42. The summed E-state index contributed by atoms with van der Waals surface area (Å²) >= 11 is 0. The van der Waals surface area contributed by atoms with Gasteiger partial charge < -0.3 is 10.6 Å². The predicted molar refractivity (Wildman–Crippen MR) is 48.8 cm³/mol. The summed E-state index contributed by atoms with van der Waals surface area (Å²) in [6.45, 7) is 3.74. The standard InChI is InChI=1S/C9H18F2N2/c1-9(10,11)8-3-2-5-13(7-8)6-4-12/h8H,2-7,12H2,1H3. The van der Waals surface area contributed by atoms with Gasteiger partial charge in [-0.25, -0.2) is 8.78 Å². The molecule has 1 fully saturated rings. The van der Waals surface area contributed by atoms with Gasteiger partial charge in [-0.2, -0.15) is 0 Å². The summed E-state index contributed by atoms with van der Waals surface area (Å²) < 4.78 is 25.9. The van der Waals surface area contributed by atoms with E-state index in [0.29, 0.717) is 19.5 Å². The van der Waals surface area contributed by atoms with Crippen LogP contribution in [-0.4, -0.2) is 37.0 Å². The maximum atomic E-state index is 13.0. The van der Waals surface area contributed by atoms with Crippen LogP contribution >= 0.6 is 0 Å². The lowest BCUT2D eigenvalue weighted by atomic mass is 9.93. The average molecular weight is 192 g/mol. The lowest BCUT2D eigenvalue weighted by Crippen LogP contribution is -2.43. The molecule has 1 aliphatic heterocycles. The fourth-order valence-corrected chi connectivity index (χ4v) is 1.85. The van der Waals surface area contributed by atoms with Gasteiger partial charge in [0.05, 0.1) is 0 Å². The van der Waals surface area contributed by atoms with E-state index in [1.165, 1.54) is 0 Å². The summed E-state index contributed by atoms with van der Waals surface area (Å²) in [5.41, 5.74) is 5.38. The first kappa shape index (κ1) is 10.9. The smallest absolute Gasteiger partial charge is 0.249 e. The zero-order valence-corrected chi connectivity index (χ0v) is 8.10. The van der Waals surface area contributed by atoms with Gasteiger partial charge in [-0.3, -0.25) is 0 Å². The molecule has 0 spiro atoms. The summed E-state index contributed by atoms with van der Waals surface area (Å²) in [5.74, 6) is -3.01. The van der Waals surface area contributed by atoms with Crippen LogP contribution in [0.4, 0.5) is 8.78 Å². The van der Waals surface area contributed by atoms with Crippen molar-refractivity contribution in [2.45, 2.75) is 25.7 Å². The van der Waals surface area contributed by atoms with Crippen molar-refractivity contribution in [3.05, 3.63) is 0 Å². The number of nitrogens with zero attached hydrogens (tertiary/aromatic N) is 1. The third-order valence-corrected chi connectivity index (χ3v) is 2.67. The van der Waals surface area contributed by atoms with Crippen LogP contribution in [0.1, 0.15) is 19.8 Å². The first-order valence-corrected chi connectivity index (χ1v) is 4.84. The van der Waals surface area contributed by atoms with Crippen molar-refractivity contribution in [2.24, 2.45) is 11.7 Å². The molecule has 0 aliphatic carbocycles. The Hall–Kier alpha value is -0.220. The zero-order valence-electron chi connectivity index (χ0n) is 8.10. The second-order valence-electron chi connectivity index (χ2n) is 3.88. The molecule has 1 aliphatic rings. The van der Waals surface area contributed by atoms with Gasteiger partial charge in [-0.1, -0.05) is 0 Å². The number of rotatable bonds is 3. The Labute approximate surface area is 78.1 Å². The van der Waals surface area contributed by atoms with Gasteiger partial charge in [-0.15, -0.1) is 0 Å². The van der Waals surface area contributed by atoms with E-state index in [1.54, 1.807) is 0 Å². The van der Waals surface area contributed by atoms with E-state index in [0.717, 1.165) is 26.4 Å². The predicted octanol–water partition coefficient (Wildman–Crippen LogP) is 1.31. The highest BCUT2D eigenvalue weighted by Crippen LogP contribution is 2.31. The van der Waals surface area contributed by atoms with Gasteiger partial charge in [0.15, 0.2) is 0 Å². The highest BCUT2D eigenvalue weighted by Gasteiger charge is 2.36. The summed E-state index contributed by atoms with van der Waals surface area (Å²) in [7, 11) is 0. The molecule has 78 valence electrons. The lowest BCUT2D eigenvalue weighted by molar-refractivity contribution is -0.0657. The van der Waals surface area contributed by atoms with E-state index >= 15 is 0 Å². The van der Waals surface area contributed by atoms with Gasteiger partial charge in [0.25, 0.3) is 0 Å². The zero-order chi connectivity index (χ0) is 9.90. The van der Waals surface area contributed by atoms with Gasteiger partial charge >= 0.3 is 0 Å². The second-order valence-corrected chi connectivity index (χ2v) is 3.88. The molecule has 1 unspecified atom stereocenters. The molecule has 4 heteroatoms. The molecule has 1 saturated heterocycles. The number of halogens is 2. The molecule has 0 aromatic heterocycles. The van der Waals surface area contributed by atoms with Gasteiger partial charge in [-0.05, 0) is 26.3 Å². The molecule has 0 amide bonds. The minimum absolute atomic E-state index is 0.479. The van der Waals surface area contributed by atoms with Crippen molar-refractivity contribution in [3.63, 3.8) is 0 Å². The molecule has 1 rings (SSSR count). The molecule has 0 radical (unpaired) electrons. The largest absolute Gasteiger partial charge is 0.329 e. The molecule has 0 aromatic rings. The van der Waals surface area contributed by atoms with E-state index < -0.39 is 11.8 Å². The minimum Gasteiger partial charge on any atom is -0.329 e. The van der Waals surface area contributed by atoms with Gasteiger partial charge in [0, 0.05) is 25.6 Å². The molecule has 0 saturated carbocycles. The van der Waals surface area contributed by atoms with E-state index in [2.05, 4.69) is 0 Å². The molecular formula is C9H18F2N2. The van der Waals surface area contributed by atoms with Crippen LogP contribution in [0.2, 0.25) is 0 Å². The normalized spacial score (nSPS) is 26.3. The van der Waals surface area contributed by atoms with E-state index in [4.69, 9.17) is 5.73 Å². The number of piperidine rings is 1. The van der Waals surface area contributed by atoms with Crippen molar-refractivity contribution in [3.8, 4) is 0 Å². The Morgan fingerprint density at radius 3 is 2.77 bits per heavy atom. The molecule has 1 atom stereocenters. The second kappa shape index (κ2) is 4.33. The maximum Gasteiger partial charge on any atom is 0.249 e. The Morgan fingerprint density at radius 1 is 1.54 bits per heavy atom. The highest BCUT2D eigenvalue weighted by atomic mass is 19.3. The van der Waals surface area contributed by atoms with Crippen molar-refractivity contribution in [1.29, 1.82) is 0 Å². The highest BCUT2D eigenvalue weighted by molar-refractivity contribution is 4.80. The van der Waals surface area contributed by atoms with Crippen molar-refractivity contribution in [1.82, 2.24) is 4.90 Å². The average Bonchev–Trinajstić information content (AvgIpc) is 2.04. The first-order chi connectivity index (χ1) is 6.04. The minimum atomic E-state index is -2.53. The van der Waals surface area contributed by atoms with Crippen molar-refractivity contribution < 1.29 is 8.78 Å². The third kappa shape index (κ3) is 3.19. The molecule has 1 heterocycles. The monoisotopic (exact) mass is 192 g/mol. The Bertz CT molecular complexity index is 154. The topological polar surface area (TPSA) is 29.3 Å². The van der Waals surface area contributed by atoms with Crippen LogP contribution in [0.15, 0.2) is 0 Å². The van der Waals surface area contributed by atoms with E-state index in [-0.39, 0.29) is 0 Å². The molecular weight excluding hydrogens is 174 g/mol. The summed E-state index contributed by atoms with van der Waals surface area (Å²) in [6.07, 6.45) is 1.51. The SMILES string of the molecule is CC(F)(F)C1CCCN(CCN)C1. The summed E-state index contributed by atoms with van der Waals surface area (Å²) in [4.78, 5) is 2.03. The van der Waals surface area contributed by atoms with Crippen LogP contribution in [0.25, 0.3) is 0 Å². The molecule has 0 aromatic carbocycles. The third-order valence-electron chi connectivity index (χ3n) is 2.67. The molecule has 2 N–H and O–H groups in total. The Morgan fingerprint density at radius 2 is 2.23 bits per heavy atom. The molecule has 2 nitrogen and oxygen atoms in total. The van der Waals surface area contributed by atoms with Crippen molar-refractivity contribution in [2.75, 3.05) is 26.2 Å². The van der Waals surface area contributed by atoms with Gasteiger partial charge in [0.2, 0.25) is 5.92 Å². The number of hydrogen-bond acceptors (Lipinski definition) is 2. The first-order valence-electron chi connectivity index (χ1n) is 4.84. The Kier molecular flexibility index (Phi) is 3.62. The van der Waals surface area contributed by atoms with Crippen LogP contribution in [0.3, 0.4) is 0 Å². The number of likely N-dealkylation sites (tertiary alicyclic amines) is 1.